The van der Waals surface area contributed by atoms with Crippen molar-refractivity contribution in [1.82, 2.24) is 9.88 Å². The summed E-state index contributed by atoms with van der Waals surface area (Å²) in [5.41, 5.74) is 1.54. The summed E-state index contributed by atoms with van der Waals surface area (Å²) >= 11 is 1.54. The topological polar surface area (TPSA) is 77.4 Å². The molecule has 0 saturated heterocycles. The minimum Gasteiger partial charge on any atom is -0.456 e. The summed E-state index contributed by atoms with van der Waals surface area (Å²) in [6.07, 6.45) is 1.89. The van der Waals surface area contributed by atoms with Crippen molar-refractivity contribution in [3.8, 4) is 0 Å². The van der Waals surface area contributed by atoms with Gasteiger partial charge >= 0.3 is 5.97 Å². The fourth-order valence-corrected chi connectivity index (χ4v) is 2.86. The number of benzene rings is 1. The molecule has 1 N–H and O–H groups in total. The molecule has 0 fully saturated rings. The maximum atomic E-state index is 11.8. The molecule has 2 amide bonds. The molecule has 0 radical (unpaired) electrons. The summed E-state index contributed by atoms with van der Waals surface area (Å²) in [4.78, 5) is 36.2. The predicted octanol–water partition coefficient (Wildman–Crippen LogP) is 2.32. The first kappa shape index (κ1) is 18.8. The van der Waals surface area contributed by atoms with Gasteiger partial charge in [-0.3, -0.25) is 19.7 Å². The molecule has 2 aromatic rings. The molecular formula is C18H20N2O4S. The molecule has 1 heterocycles. The third-order valence-corrected chi connectivity index (χ3v) is 4.40. The summed E-state index contributed by atoms with van der Waals surface area (Å²) in [6.45, 7) is 1.55. The molecule has 0 aliphatic carbocycles. The highest BCUT2D eigenvalue weighted by Crippen LogP contribution is 2.19. The normalized spacial score (nSPS) is 10.3. The van der Waals surface area contributed by atoms with Crippen LogP contribution >= 0.6 is 11.8 Å². The standard InChI is InChI=1S/C18H20N2O4S/c1-13-5-7-14(8-6-13)25-11-9-17(22)24-12-16(21)19-18(23)15-4-3-10-20(15)2/h3-8,10H,9,11-12H2,1-2H3,(H,19,21,23). The molecule has 0 bridgehead atoms. The molecule has 2 rings (SSSR count). The van der Waals surface area contributed by atoms with E-state index < -0.39 is 24.4 Å². The number of esters is 1. The zero-order valence-electron chi connectivity index (χ0n) is 14.2. The highest BCUT2D eigenvalue weighted by Gasteiger charge is 2.14. The van der Waals surface area contributed by atoms with Crippen LogP contribution in [0, 0.1) is 6.92 Å². The molecule has 6 nitrogen and oxygen atoms in total. The number of imide groups is 1. The highest BCUT2D eigenvalue weighted by molar-refractivity contribution is 7.99. The van der Waals surface area contributed by atoms with Gasteiger partial charge in [-0.15, -0.1) is 11.8 Å². The molecular weight excluding hydrogens is 340 g/mol. The van der Waals surface area contributed by atoms with Crippen LogP contribution < -0.4 is 5.32 Å². The van der Waals surface area contributed by atoms with Gasteiger partial charge in [0, 0.05) is 23.9 Å². The zero-order valence-corrected chi connectivity index (χ0v) is 15.0. The number of nitrogens with zero attached hydrogens (tertiary/aromatic N) is 1. The minimum absolute atomic E-state index is 0.192. The SMILES string of the molecule is Cc1ccc(SCCC(=O)OCC(=O)NC(=O)c2cccn2C)cc1. The van der Waals surface area contributed by atoms with Crippen molar-refractivity contribution in [3.05, 3.63) is 53.9 Å². The van der Waals surface area contributed by atoms with E-state index in [0.29, 0.717) is 11.4 Å². The van der Waals surface area contributed by atoms with E-state index in [2.05, 4.69) is 5.32 Å². The average molecular weight is 360 g/mol. The van der Waals surface area contributed by atoms with Gasteiger partial charge in [0.25, 0.3) is 11.8 Å². The maximum absolute atomic E-state index is 11.8. The van der Waals surface area contributed by atoms with Crippen LogP contribution in [0.4, 0.5) is 0 Å². The Kier molecular flexibility index (Phi) is 6.82. The largest absolute Gasteiger partial charge is 0.456 e. The van der Waals surface area contributed by atoms with E-state index in [-0.39, 0.29) is 6.42 Å². The van der Waals surface area contributed by atoms with E-state index in [1.54, 1.807) is 41.7 Å². The predicted molar refractivity (Wildman–Crippen MR) is 95.4 cm³/mol. The summed E-state index contributed by atoms with van der Waals surface area (Å²) in [5.74, 6) is -1.08. The first-order chi connectivity index (χ1) is 12.0. The molecule has 25 heavy (non-hydrogen) atoms. The van der Waals surface area contributed by atoms with Crippen molar-refractivity contribution in [3.63, 3.8) is 0 Å². The second-order valence-corrected chi connectivity index (χ2v) is 6.62. The Morgan fingerprint density at radius 2 is 1.88 bits per heavy atom. The van der Waals surface area contributed by atoms with Crippen molar-refractivity contribution in [1.29, 1.82) is 0 Å². The van der Waals surface area contributed by atoms with Crippen LogP contribution in [0.25, 0.3) is 0 Å². The van der Waals surface area contributed by atoms with Crippen molar-refractivity contribution in [2.75, 3.05) is 12.4 Å². The fourth-order valence-electron chi connectivity index (χ4n) is 2.03. The number of rotatable bonds is 7. The zero-order chi connectivity index (χ0) is 18.2. The van der Waals surface area contributed by atoms with E-state index >= 15 is 0 Å². The average Bonchev–Trinajstić information content (AvgIpc) is 3.01. The Bertz CT molecular complexity index is 753. The number of hydrogen-bond acceptors (Lipinski definition) is 5. The van der Waals surface area contributed by atoms with Gasteiger partial charge in [0.2, 0.25) is 0 Å². The number of amides is 2. The molecule has 132 valence electrons. The monoisotopic (exact) mass is 360 g/mol. The second-order valence-electron chi connectivity index (χ2n) is 5.45. The number of thioether (sulfide) groups is 1. The van der Waals surface area contributed by atoms with Gasteiger partial charge < -0.3 is 9.30 Å². The van der Waals surface area contributed by atoms with Crippen molar-refractivity contribution in [2.24, 2.45) is 7.05 Å². The van der Waals surface area contributed by atoms with E-state index in [1.165, 1.54) is 5.56 Å². The van der Waals surface area contributed by atoms with Gasteiger partial charge in [-0.2, -0.15) is 0 Å². The molecule has 0 aliphatic rings. The first-order valence-corrected chi connectivity index (χ1v) is 8.75. The minimum atomic E-state index is -0.647. The molecule has 0 unspecified atom stereocenters. The summed E-state index contributed by atoms with van der Waals surface area (Å²) in [5, 5.41) is 2.18. The lowest BCUT2D eigenvalue weighted by Gasteiger charge is -2.06. The maximum Gasteiger partial charge on any atom is 0.307 e. The Labute approximate surface area is 150 Å². The second kappa shape index (κ2) is 9.08. The van der Waals surface area contributed by atoms with Crippen LogP contribution in [0.5, 0.6) is 0 Å². The van der Waals surface area contributed by atoms with Crippen molar-refractivity contribution >= 4 is 29.5 Å². The highest BCUT2D eigenvalue weighted by atomic mass is 32.2. The fraction of sp³-hybridized carbons (Fsp3) is 0.278. The Morgan fingerprint density at radius 3 is 2.52 bits per heavy atom. The summed E-state index contributed by atoms with van der Waals surface area (Å²) in [6, 6.07) is 11.3. The summed E-state index contributed by atoms with van der Waals surface area (Å²) in [7, 11) is 1.70. The molecule has 7 heteroatoms. The molecule has 1 aromatic carbocycles. The first-order valence-electron chi connectivity index (χ1n) is 7.76. The third-order valence-electron chi connectivity index (χ3n) is 3.39. The lowest BCUT2D eigenvalue weighted by molar-refractivity contribution is -0.147. The van der Waals surface area contributed by atoms with Crippen LogP contribution in [0.3, 0.4) is 0 Å². The van der Waals surface area contributed by atoms with Crippen LogP contribution in [0.1, 0.15) is 22.5 Å². The number of aromatic nitrogens is 1. The smallest absolute Gasteiger partial charge is 0.307 e. The molecule has 0 saturated carbocycles. The number of carbonyl (C=O) groups excluding carboxylic acids is 3. The van der Waals surface area contributed by atoms with Gasteiger partial charge in [0.05, 0.1) is 6.42 Å². The van der Waals surface area contributed by atoms with E-state index in [0.717, 1.165) is 4.90 Å². The van der Waals surface area contributed by atoms with Gasteiger partial charge in [-0.25, -0.2) is 0 Å². The van der Waals surface area contributed by atoms with Gasteiger partial charge in [-0.05, 0) is 31.2 Å². The number of aryl methyl sites for hydroxylation is 2. The molecule has 1 aromatic heterocycles. The van der Waals surface area contributed by atoms with E-state index in [1.807, 2.05) is 31.2 Å². The lowest BCUT2D eigenvalue weighted by Crippen LogP contribution is -2.35. The van der Waals surface area contributed by atoms with Crippen LogP contribution in [-0.2, 0) is 21.4 Å². The van der Waals surface area contributed by atoms with Crippen LogP contribution in [0.15, 0.2) is 47.5 Å². The van der Waals surface area contributed by atoms with Gasteiger partial charge in [-0.1, -0.05) is 17.7 Å². The molecule has 0 spiro atoms. The van der Waals surface area contributed by atoms with Gasteiger partial charge in [0.15, 0.2) is 6.61 Å². The third kappa shape index (κ3) is 6.11. The quantitative estimate of drug-likeness (QED) is 0.606. The number of hydrogen-bond donors (Lipinski definition) is 1. The number of ether oxygens (including phenoxy) is 1. The van der Waals surface area contributed by atoms with Crippen LogP contribution in [0.2, 0.25) is 0 Å². The number of carbonyl (C=O) groups is 3. The lowest BCUT2D eigenvalue weighted by atomic mass is 10.2. The Balaban J connectivity index is 1.65. The van der Waals surface area contributed by atoms with Crippen LogP contribution in [-0.4, -0.2) is 34.7 Å². The van der Waals surface area contributed by atoms with E-state index in [4.69, 9.17) is 4.74 Å². The van der Waals surface area contributed by atoms with Crippen molar-refractivity contribution < 1.29 is 19.1 Å². The van der Waals surface area contributed by atoms with E-state index in [9.17, 15) is 14.4 Å². The Morgan fingerprint density at radius 1 is 1.16 bits per heavy atom. The molecule has 0 aliphatic heterocycles. The van der Waals surface area contributed by atoms with Crippen molar-refractivity contribution in [2.45, 2.75) is 18.2 Å². The number of nitrogens with one attached hydrogen (secondary N) is 1. The summed E-state index contributed by atoms with van der Waals surface area (Å²) < 4.78 is 6.48. The van der Waals surface area contributed by atoms with Gasteiger partial charge in [0.1, 0.15) is 5.69 Å². The molecule has 0 atom stereocenters. The Hall–Kier alpha value is -2.54.